The van der Waals surface area contributed by atoms with Gasteiger partial charge in [0.05, 0.1) is 0 Å². The Morgan fingerprint density at radius 2 is 2.37 bits per heavy atom. The number of hydrogen-bond acceptors (Lipinski definition) is 3. The first-order valence-corrected chi connectivity index (χ1v) is 6.27. The van der Waals surface area contributed by atoms with Crippen molar-refractivity contribution in [2.75, 3.05) is 13.1 Å². The lowest BCUT2D eigenvalue weighted by Gasteiger charge is -2.15. The van der Waals surface area contributed by atoms with Crippen molar-refractivity contribution in [3.05, 3.63) is 44.5 Å². The number of rotatable bonds is 7. The van der Waals surface area contributed by atoms with E-state index >= 15 is 0 Å². The van der Waals surface area contributed by atoms with E-state index in [1.165, 1.54) is 18.2 Å². The first-order valence-electron chi connectivity index (χ1n) is 5.48. The fourth-order valence-corrected chi connectivity index (χ4v) is 1.89. The van der Waals surface area contributed by atoms with E-state index in [9.17, 15) is 9.18 Å². The highest BCUT2D eigenvalue weighted by molar-refractivity contribution is 9.10. The summed E-state index contributed by atoms with van der Waals surface area (Å²) in [6, 6.07) is 2.99. The summed E-state index contributed by atoms with van der Waals surface area (Å²) in [6.45, 7) is 0.568. The second-order valence-corrected chi connectivity index (χ2v) is 4.61. The molecule has 1 unspecified atom stereocenters. The van der Waals surface area contributed by atoms with Gasteiger partial charge in [-0.3, -0.25) is 4.79 Å². The van der Waals surface area contributed by atoms with Gasteiger partial charge in [-0.2, -0.15) is 0 Å². The molecule has 0 amide bonds. The van der Waals surface area contributed by atoms with Crippen LogP contribution in [0.5, 0.6) is 0 Å². The molecule has 2 N–H and O–H groups in total. The molecule has 1 rings (SSSR count). The molecule has 102 valence electrons. The van der Waals surface area contributed by atoms with Gasteiger partial charge >= 0.3 is 5.97 Å². The molecule has 1 atom stereocenters. The fourth-order valence-electron chi connectivity index (χ4n) is 1.51. The van der Waals surface area contributed by atoms with Crippen LogP contribution in [0.25, 0.3) is 10.4 Å². The van der Waals surface area contributed by atoms with Gasteiger partial charge < -0.3 is 10.4 Å². The number of nitrogens with zero attached hydrogens (tertiary/aromatic N) is 3. The smallest absolute Gasteiger partial charge is 0.325 e. The van der Waals surface area contributed by atoms with Crippen molar-refractivity contribution in [1.82, 2.24) is 5.32 Å². The molecule has 0 aromatic heterocycles. The topological polar surface area (TPSA) is 98.1 Å². The third kappa shape index (κ3) is 4.86. The van der Waals surface area contributed by atoms with Crippen LogP contribution in [-0.4, -0.2) is 24.2 Å². The summed E-state index contributed by atoms with van der Waals surface area (Å²) in [5, 5.41) is 15.2. The molecule has 6 nitrogen and oxygen atoms in total. The molecule has 0 saturated heterocycles. The van der Waals surface area contributed by atoms with Gasteiger partial charge in [0.2, 0.25) is 0 Å². The van der Waals surface area contributed by atoms with Crippen molar-refractivity contribution in [3.63, 3.8) is 0 Å². The normalized spacial score (nSPS) is 11.7. The van der Waals surface area contributed by atoms with Crippen LogP contribution in [0.2, 0.25) is 0 Å². The standard InChI is InChI=1S/C11H12BrFN4O2/c12-7-2-3-9(13)8(6-7)10(11(18)19)15-4-1-5-16-17-14/h2-3,6,10,15H,1,4-5H2,(H,18,19). The average Bonchev–Trinajstić information content (AvgIpc) is 2.37. The van der Waals surface area contributed by atoms with Crippen molar-refractivity contribution < 1.29 is 14.3 Å². The van der Waals surface area contributed by atoms with Crippen molar-refractivity contribution in [1.29, 1.82) is 0 Å². The maximum atomic E-state index is 13.6. The van der Waals surface area contributed by atoms with Crippen molar-refractivity contribution in [2.24, 2.45) is 5.11 Å². The Morgan fingerprint density at radius 3 is 3.00 bits per heavy atom. The van der Waals surface area contributed by atoms with Crippen molar-refractivity contribution in [2.45, 2.75) is 12.5 Å². The van der Waals surface area contributed by atoms with Gasteiger partial charge in [0, 0.05) is 21.5 Å². The molecular formula is C11H12BrFN4O2. The zero-order chi connectivity index (χ0) is 14.3. The molecule has 0 saturated carbocycles. The van der Waals surface area contributed by atoms with E-state index in [2.05, 4.69) is 31.3 Å². The van der Waals surface area contributed by atoms with Crippen molar-refractivity contribution in [3.8, 4) is 0 Å². The molecule has 1 aromatic carbocycles. The van der Waals surface area contributed by atoms with E-state index in [0.717, 1.165) is 0 Å². The Kier molecular flexibility index (Phi) is 6.27. The van der Waals surface area contributed by atoms with Crippen LogP contribution in [0, 0.1) is 5.82 Å². The maximum absolute atomic E-state index is 13.6. The van der Waals surface area contributed by atoms with Gasteiger partial charge in [0.15, 0.2) is 0 Å². The Bertz CT molecular complexity index is 505. The van der Waals surface area contributed by atoms with Gasteiger partial charge in [-0.1, -0.05) is 21.0 Å². The number of carboxylic acid groups (broad SMARTS) is 1. The predicted molar refractivity (Wildman–Crippen MR) is 71.1 cm³/mol. The van der Waals surface area contributed by atoms with Gasteiger partial charge in [-0.05, 0) is 36.7 Å². The first-order chi connectivity index (χ1) is 9.06. The van der Waals surface area contributed by atoms with Crippen LogP contribution in [0.4, 0.5) is 4.39 Å². The Morgan fingerprint density at radius 1 is 1.63 bits per heavy atom. The minimum atomic E-state index is -1.17. The zero-order valence-corrected chi connectivity index (χ0v) is 11.5. The number of carbonyl (C=O) groups is 1. The molecule has 0 aliphatic carbocycles. The number of aliphatic carboxylic acids is 1. The molecule has 0 fully saturated rings. The minimum Gasteiger partial charge on any atom is -0.480 e. The number of carboxylic acids is 1. The Balaban J connectivity index is 2.74. The maximum Gasteiger partial charge on any atom is 0.325 e. The second-order valence-electron chi connectivity index (χ2n) is 3.70. The summed E-state index contributed by atoms with van der Waals surface area (Å²) in [4.78, 5) is 13.7. The quantitative estimate of drug-likeness (QED) is 0.348. The zero-order valence-electron chi connectivity index (χ0n) is 9.88. The van der Waals surface area contributed by atoms with E-state index in [-0.39, 0.29) is 12.1 Å². The highest BCUT2D eigenvalue weighted by Crippen LogP contribution is 2.22. The summed E-state index contributed by atoms with van der Waals surface area (Å²) in [5.41, 5.74) is 8.16. The highest BCUT2D eigenvalue weighted by Gasteiger charge is 2.22. The first kappa shape index (κ1) is 15.4. The largest absolute Gasteiger partial charge is 0.480 e. The van der Waals surface area contributed by atoms with Crippen LogP contribution in [-0.2, 0) is 4.79 Å². The molecule has 0 bridgehead atoms. The predicted octanol–water partition coefficient (Wildman–Crippen LogP) is 3.00. The molecule has 0 aliphatic heterocycles. The molecule has 0 spiro atoms. The number of azide groups is 1. The van der Waals surface area contributed by atoms with Gasteiger partial charge in [0.25, 0.3) is 0 Å². The molecule has 0 aliphatic rings. The van der Waals surface area contributed by atoms with E-state index in [4.69, 9.17) is 10.6 Å². The van der Waals surface area contributed by atoms with Gasteiger partial charge in [0.1, 0.15) is 11.9 Å². The molecule has 1 aromatic rings. The molecule has 8 heteroatoms. The van der Waals surface area contributed by atoms with Gasteiger partial charge in [-0.15, -0.1) is 0 Å². The summed E-state index contributed by atoms with van der Waals surface area (Å²) in [5.74, 6) is -1.75. The van der Waals surface area contributed by atoms with Crippen LogP contribution in [0.1, 0.15) is 18.0 Å². The lowest BCUT2D eigenvalue weighted by molar-refractivity contribution is -0.139. The third-order valence-corrected chi connectivity index (χ3v) is 2.86. The lowest BCUT2D eigenvalue weighted by atomic mass is 10.1. The van der Waals surface area contributed by atoms with Crippen LogP contribution in [0.3, 0.4) is 0 Å². The number of halogens is 2. The number of nitrogens with one attached hydrogen (secondary N) is 1. The monoisotopic (exact) mass is 330 g/mol. The molecule has 19 heavy (non-hydrogen) atoms. The number of benzene rings is 1. The molecule has 0 radical (unpaired) electrons. The second kappa shape index (κ2) is 7.73. The third-order valence-electron chi connectivity index (χ3n) is 2.36. The Hall–Kier alpha value is -1.63. The highest BCUT2D eigenvalue weighted by atomic mass is 79.9. The van der Waals surface area contributed by atoms with Crippen LogP contribution < -0.4 is 5.32 Å². The SMILES string of the molecule is [N-]=[N+]=NCCCNC(C(=O)O)c1cc(Br)ccc1F. The van der Waals surface area contributed by atoms with E-state index in [1.807, 2.05) is 0 Å². The van der Waals surface area contributed by atoms with Crippen molar-refractivity contribution >= 4 is 21.9 Å². The fraction of sp³-hybridized carbons (Fsp3) is 0.364. The Labute approximate surface area is 117 Å². The molecular weight excluding hydrogens is 319 g/mol. The summed E-state index contributed by atoms with van der Waals surface area (Å²) in [6.07, 6.45) is 0.476. The molecule has 0 heterocycles. The van der Waals surface area contributed by atoms with E-state index in [1.54, 1.807) is 0 Å². The van der Waals surface area contributed by atoms with Crippen LogP contribution >= 0.6 is 15.9 Å². The van der Waals surface area contributed by atoms with E-state index in [0.29, 0.717) is 17.4 Å². The average molecular weight is 331 g/mol. The number of hydrogen-bond donors (Lipinski definition) is 2. The summed E-state index contributed by atoms with van der Waals surface area (Å²) >= 11 is 3.17. The lowest BCUT2D eigenvalue weighted by Crippen LogP contribution is -2.30. The van der Waals surface area contributed by atoms with E-state index < -0.39 is 17.8 Å². The van der Waals surface area contributed by atoms with Crippen LogP contribution in [0.15, 0.2) is 27.8 Å². The minimum absolute atomic E-state index is 0.0608. The summed E-state index contributed by atoms with van der Waals surface area (Å²) in [7, 11) is 0. The summed E-state index contributed by atoms with van der Waals surface area (Å²) < 4.78 is 14.2. The van der Waals surface area contributed by atoms with Gasteiger partial charge in [-0.25, -0.2) is 4.39 Å².